The Kier molecular flexibility index (Phi) is 5.00. The minimum absolute atomic E-state index is 0.0732. The fraction of sp³-hybridized carbons (Fsp3) is 0.368. The summed E-state index contributed by atoms with van der Waals surface area (Å²) in [7, 11) is 1.65. The molecule has 4 rings (SSSR count). The molecule has 0 spiro atoms. The number of nitrogens with one attached hydrogen (secondary N) is 1. The third-order valence-electron chi connectivity index (χ3n) is 4.73. The number of anilines is 1. The third-order valence-corrected chi connectivity index (χ3v) is 5.46. The summed E-state index contributed by atoms with van der Waals surface area (Å²) in [6.45, 7) is 1.82. The molecule has 142 valence electrons. The van der Waals surface area contributed by atoms with Crippen LogP contribution in [-0.2, 0) is 18.3 Å². The number of nitrogens with zero attached hydrogens (tertiary/aromatic N) is 2. The number of amides is 2. The lowest BCUT2D eigenvalue weighted by Gasteiger charge is -2.25. The van der Waals surface area contributed by atoms with Crippen molar-refractivity contribution in [2.45, 2.75) is 25.5 Å². The summed E-state index contributed by atoms with van der Waals surface area (Å²) in [6.07, 6.45) is 2.07. The highest BCUT2D eigenvalue weighted by molar-refractivity contribution is 7.07. The fourth-order valence-corrected chi connectivity index (χ4v) is 3.93. The van der Waals surface area contributed by atoms with Crippen LogP contribution >= 0.6 is 11.3 Å². The van der Waals surface area contributed by atoms with E-state index < -0.39 is 5.76 Å². The molecule has 2 aromatic heterocycles. The van der Waals surface area contributed by atoms with E-state index in [4.69, 9.17) is 9.15 Å². The van der Waals surface area contributed by atoms with Crippen molar-refractivity contribution in [3.63, 3.8) is 0 Å². The summed E-state index contributed by atoms with van der Waals surface area (Å²) in [5.41, 5.74) is 2.82. The van der Waals surface area contributed by atoms with Gasteiger partial charge in [0.2, 0.25) is 0 Å². The number of aromatic nitrogens is 1. The average molecular weight is 387 g/mol. The molecule has 27 heavy (non-hydrogen) atoms. The molecule has 3 aromatic rings. The summed E-state index contributed by atoms with van der Waals surface area (Å²) < 4.78 is 12.3. The zero-order valence-electron chi connectivity index (χ0n) is 15.0. The van der Waals surface area contributed by atoms with Crippen LogP contribution in [0.1, 0.15) is 18.4 Å². The summed E-state index contributed by atoms with van der Waals surface area (Å²) in [5.74, 6) is -0.425. The molecule has 1 fully saturated rings. The lowest BCUT2D eigenvalue weighted by molar-refractivity contribution is 0.0819. The maximum Gasteiger partial charge on any atom is 0.419 e. The number of carbonyl (C=O) groups is 1. The van der Waals surface area contributed by atoms with Crippen LogP contribution in [0.25, 0.3) is 11.1 Å². The molecule has 0 unspecified atom stereocenters. The Morgan fingerprint density at radius 2 is 2.30 bits per heavy atom. The van der Waals surface area contributed by atoms with Gasteiger partial charge < -0.3 is 19.4 Å². The number of rotatable bonds is 5. The van der Waals surface area contributed by atoms with Crippen LogP contribution in [0.3, 0.4) is 0 Å². The summed E-state index contributed by atoms with van der Waals surface area (Å²) in [4.78, 5) is 26.3. The number of ether oxygens (including phenoxy) is 1. The SMILES string of the molecule is Cn1c(=O)oc2cc(NC(=O)N(Cc3ccsc3)C[C@H]3CCCO3)ccc21. The van der Waals surface area contributed by atoms with Crippen molar-refractivity contribution in [3.05, 3.63) is 51.1 Å². The first-order valence-corrected chi connectivity index (χ1v) is 9.82. The van der Waals surface area contributed by atoms with Crippen LogP contribution < -0.4 is 11.1 Å². The molecule has 1 N–H and O–H groups in total. The van der Waals surface area contributed by atoms with Crippen LogP contribution in [-0.4, -0.2) is 34.8 Å². The van der Waals surface area contributed by atoms with Crippen LogP contribution in [0.5, 0.6) is 0 Å². The summed E-state index contributed by atoms with van der Waals surface area (Å²) in [5, 5.41) is 6.96. The number of hydrogen-bond donors (Lipinski definition) is 1. The first-order chi connectivity index (χ1) is 13.1. The topological polar surface area (TPSA) is 76.7 Å². The van der Waals surface area contributed by atoms with E-state index in [0.717, 1.165) is 25.0 Å². The molecule has 1 aromatic carbocycles. The number of carbonyl (C=O) groups excluding carboxylic acids is 1. The number of oxazole rings is 1. The van der Waals surface area contributed by atoms with Crippen LogP contribution in [0, 0.1) is 0 Å². The number of fused-ring (bicyclic) bond motifs is 1. The Hall–Kier alpha value is -2.58. The highest BCUT2D eigenvalue weighted by Crippen LogP contribution is 2.20. The normalized spacial score (nSPS) is 16.7. The minimum atomic E-state index is -0.425. The van der Waals surface area contributed by atoms with Gasteiger partial charge in [-0.15, -0.1) is 0 Å². The smallest absolute Gasteiger partial charge is 0.408 e. The van der Waals surface area contributed by atoms with E-state index in [9.17, 15) is 9.59 Å². The predicted molar refractivity (Wildman–Crippen MR) is 104 cm³/mol. The molecule has 1 aliphatic heterocycles. The molecular weight excluding hydrogens is 366 g/mol. The van der Waals surface area contributed by atoms with Crippen molar-refractivity contribution >= 4 is 34.2 Å². The van der Waals surface area contributed by atoms with Crippen molar-refractivity contribution in [2.75, 3.05) is 18.5 Å². The average Bonchev–Trinajstić information content (AvgIpc) is 3.38. The standard InChI is InChI=1S/C19H21N3O4S/c1-21-16-5-4-14(9-17(16)26-19(21)24)20-18(23)22(10-13-6-8-27-12-13)11-15-3-2-7-25-15/h4-6,8-9,12,15H,2-3,7,10-11H2,1H3,(H,20,23)/t15-/m1/s1. The van der Waals surface area contributed by atoms with Gasteiger partial charge in [0.05, 0.1) is 11.6 Å². The van der Waals surface area contributed by atoms with E-state index in [-0.39, 0.29) is 12.1 Å². The molecule has 1 aliphatic rings. The fourth-order valence-electron chi connectivity index (χ4n) is 3.27. The van der Waals surface area contributed by atoms with Gasteiger partial charge in [-0.05, 0) is 47.4 Å². The van der Waals surface area contributed by atoms with Gasteiger partial charge >= 0.3 is 11.8 Å². The number of aryl methyl sites for hydroxylation is 1. The monoisotopic (exact) mass is 387 g/mol. The van der Waals surface area contributed by atoms with Crippen molar-refractivity contribution < 1.29 is 13.9 Å². The second-order valence-electron chi connectivity index (χ2n) is 6.69. The molecule has 8 heteroatoms. The van der Waals surface area contributed by atoms with E-state index >= 15 is 0 Å². The molecule has 1 atom stereocenters. The number of thiophene rings is 1. The van der Waals surface area contributed by atoms with Gasteiger partial charge in [-0.2, -0.15) is 11.3 Å². The molecule has 3 heterocycles. The molecule has 7 nitrogen and oxygen atoms in total. The molecular formula is C19H21N3O4S. The van der Waals surface area contributed by atoms with Gasteiger partial charge in [0.25, 0.3) is 0 Å². The van der Waals surface area contributed by atoms with Gasteiger partial charge in [0, 0.05) is 38.5 Å². The van der Waals surface area contributed by atoms with E-state index in [1.807, 2.05) is 16.8 Å². The van der Waals surface area contributed by atoms with Crippen molar-refractivity contribution in [1.82, 2.24) is 9.47 Å². The quantitative estimate of drug-likeness (QED) is 0.728. The van der Waals surface area contributed by atoms with E-state index in [2.05, 4.69) is 5.32 Å². The van der Waals surface area contributed by atoms with E-state index in [1.54, 1.807) is 41.5 Å². The van der Waals surface area contributed by atoms with Crippen molar-refractivity contribution in [1.29, 1.82) is 0 Å². The molecule has 0 saturated carbocycles. The highest BCUT2D eigenvalue weighted by atomic mass is 32.1. The first kappa shape index (κ1) is 17.8. The lowest BCUT2D eigenvalue weighted by Crippen LogP contribution is -2.39. The first-order valence-electron chi connectivity index (χ1n) is 8.88. The molecule has 0 bridgehead atoms. The Bertz CT molecular complexity index is 986. The van der Waals surface area contributed by atoms with Gasteiger partial charge in [-0.1, -0.05) is 0 Å². The lowest BCUT2D eigenvalue weighted by atomic mass is 10.2. The zero-order chi connectivity index (χ0) is 18.8. The molecule has 1 saturated heterocycles. The summed E-state index contributed by atoms with van der Waals surface area (Å²) >= 11 is 1.61. The van der Waals surface area contributed by atoms with Gasteiger partial charge in [0.15, 0.2) is 5.58 Å². The Morgan fingerprint density at radius 3 is 3.04 bits per heavy atom. The zero-order valence-corrected chi connectivity index (χ0v) is 15.8. The maximum absolute atomic E-state index is 12.9. The van der Waals surface area contributed by atoms with Crippen LogP contribution in [0.2, 0.25) is 0 Å². The third kappa shape index (κ3) is 3.91. The summed E-state index contributed by atoms with van der Waals surface area (Å²) in [6, 6.07) is 7.02. The van der Waals surface area contributed by atoms with Crippen molar-refractivity contribution in [3.8, 4) is 0 Å². The largest absolute Gasteiger partial charge is 0.419 e. The van der Waals surface area contributed by atoms with Gasteiger partial charge in [-0.25, -0.2) is 9.59 Å². The van der Waals surface area contributed by atoms with E-state index in [1.165, 1.54) is 4.57 Å². The van der Waals surface area contributed by atoms with Crippen LogP contribution in [0.15, 0.2) is 44.2 Å². The second kappa shape index (κ2) is 7.58. The Balaban J connectivity index is 1.52. The Labute approximate surface area is 160 Å². The van der Waals surface area contributed by atoms with E-state index in [0.29, 0.717) is 29.9 Å². The molecule has 2 amide bonds. The number of urea groups is 1. The Morgan fingerprint density at radius 1 is 1.41 bits per heavy atom. The highest BCUT2D eigenvalue weighted by Gasteiger charge is 2.23. The van der Waals surface area contributed by atoms with Crippen LogP contribution in [0.4, 0.5) is 10.5 Å². The molecule has 0 aliphatic carbocycles. The van der Waals surface area contributed by atoms with Gasteiger partial charge in [-0.3, -0.25) is 4.57 Å². The number of hydrogen-bond acceptors (Lipinski definition) is 5. The maximum atomic E-state index is 12.9. The number of benzene rings is 1. The van der Waals surface area contributed by atoms with Gasteiger partial charge in [0.1, 0.15) is 0 Å². The molecule has 0 radical (unpaired) electrons. The van der Waals surface area contributed by atoms with Crippen molar-refractivity contribution in [2.24, 2.45) is 7.05 Å². The minimum Gasteiger partial charge on any atom is -0.408 e. The predicted octanol–water partition coefficient (Wildman–Crippen LogP) is 3.41. The second-order valence-corrected chi connectivity index (χ2v) is 7.47.